The van der Waals surface area contributed by atoms with Crippen molar-refractivity contribution >= 4 is 22.9 Å². The van der Waals surface area contributed by atoms with Crippen LogP contribution in [0.25, 0.3) is 0 Å². The number of para-hydroxylation sites is 1. The molecule has 3 aromatic rings. The molecule has 1 N–H and O–H groups in total. The first-order chi connectivity index (χ1) is 19.4. The lowest BCUT2D eigenvalue weighted by Gasteiger charge is -2.21. The molecule has 0 bridgehead atoms. The van der Waals surface area contributed by atoms with E-state index in [1.807, 2.05) is 24.3 Å². The Morgan fingerprint density at radius 2 is 1.51 bits per heavy atom. The summed E-state index contributed by atoms with van der Waals surface area (Å²) < 4.78 is 8.40. The number of carbonyl (C=O) groups is 1. The van der Waals surface area contributed by atoms with Crippen LogP contribution in [0.5, 0.6) is 5.75 Å². The Morgan fingerprint density at radius 1 is 0.878 bits per heavy atom. The third-order valence-corrected chi connectivity index (χ3v) is 8.16. The molecule has 0 fully saturated rings. The molecule has 1 heterocycles. The van der Waals surface area contributed by atoms with Crippen LogP contribution in [0.15, 0.2) is 59.6 Å². The summed E-state index contributed by atoms with van der Waals surface area (Å²) in [6.07, 6.45) is 17.8. The molecule has 226 valence electrons. The second-order valence-corrected chi connectivity index (χ2v) is 12.8. The van der Waals surface area contributed by atoms with Gasteiger partial charge >= 0.3 is 0 Å². The molecule has 1 amide bonds. The molecule has 0 saturated heterocycles. The fraction of sp³-hybridized carbons (Fsp3) is 0.543. The minimum absolute atomic E-state index is 0. The molecular weight excluding hydrogens is 592 g/mol. The zero-order valence-electron chi connectivity index (χ0n) is 25.7. The van der Waals surface area contributed by atoms with E-state index in [4.69, 9.17) is 4.74 Å². The highest BCUT2D eigenvalue weighted by atomic mass is 79.9. The van der Waals surface area contributed by atoms with E-state index in [1.165, 1.54) is 76.2 Å². The number of carbonyl (C=O) groups excluding carboxylic acids is 1. The van der Waals surface area contributed by atoms with Crippen molar-refractivity contribution in [2.75, 3.05) is 11.9 Å². The van der Waals surface area contributed by atoms with Crippen molar-refractivity contribution in [2.24, 2.45) is 0 Å². The van der Waals surface area contributed by atoms with E-state index in [2.05, 4.69) is 72.9 Å². The van der Waals surface area contributed by atoms with E-state index in [0.29, 0.717) is 24.5 Å². The number of nitrogens with one attached hydrogen (secondary N) is 1. The van der Waals surface area contributed by atoms with Gasteiger partial charge in [0.2, 0.25) is 5.51 Å². The molecule has 0 spiro atoms. The quantitative estimate of drug-likeness (QED) is 0.124. The average Bonchev–Trinajstić information content (AvgIpc) is 3.45. The van der Waals surface area contributed by atoms with Gasteiger partial charge in [0.25, 0.3) is 5.91 Å². The van der Waals surface area contributed by atoms with Crippen molar-refractivity contribution in [3.8, 4) is 5.75 Å². The summed E-state index contributed by atoms with van der Waals surface area (Å²) in [7, 11) is 0. The summed E-state index contributed by atoms with van der Waals surface area (Å²) in [4.78, 5) is 13.5. The number of anilines is 1. The Kier molecular flexibility index (Phi) is 16.3. The van der Waals surface area contributed by atoms with Crippen molar-refractivity contribution in [3.05, 3.63) is 76.2 Å². The maximum absolute atomic E-state index is 13.5. The summed E-state index contributed by atoms with van der Waals surface area (Å²) in [5.41, 5.74) is 5.72. The van der Waals surface area contributed by atoms with Crippen molar-refractivity contribution in [3.63, 3.8) is 0 Å². The third-order valence-electron chi connectivity index (χ3n) is 7.49. The van der Waals surface area contributed by atoms with Gasteiger partial charge in [0.1, 0.15) is 5.75 Å². The number of aromatic nitrogens is 1. The number of nitrogens with zero attached hydrogens (tertiary/aromatic N) is 1. The predicted octanol–water partition coefficient (Wildman–Crippen LogP) is 6.72. The fourth-order valence-electron chi connectivity index (χ4n) is 4.94. The van der Waals surface area contributed by atoms with E-state index in [0.717, 1.165) is 17.7 Å². The third kappa shape index (κ3) is 12.7. The van der Waals surface area contributed by atoms with Crippen LogP contribution in [0.1, 0.15) is 126 Å². The number of hydrogen-bond acceptors (Lipinski definition) is 3. The highest BCUT2D eigenvalue weighted by Crippen LogP contribution is 2.30. The highest BCUT2D eigenvalue weighted by Gasteiger charge is 2.20. The molecule has 4 nitrogen and oxygen atoms in total. The smallest absolute Gasteiger partial charge is 0.259 e. The average molecular weight is 644 g/mol. The van der Waals surface area contributed by atoms with Crippen LogP contribution in [0.2, 0.25) is 0 Å². The van der Waals surface area contributed by atoms with Gasteiger partial charge in [-0.3, -0.25) is 4.79 Å². The molecule has 0 aliphatic carbocycles. The number of thiazole rings is 1. The maximum Gasteiger partial charge on any atom is 0.259 e. The largest absolute Gasteiger partial charge is 1.00 e. The topological polar surface area (TPSA) is 42.2 Å². The molecule has 2 aromatic carbocycles. The number of amides is 1. The second-order valence-electron chi connectivity index (χ2n) is 12.0. The lowest BCUT2D eigenvalue weighted by molar-refractivity contribution is -0.683. The molecule has 0 aliphatic rings. The van der Waals surface area contributed by atoms with Gasteiger partial charge in [0, 0.05) is 5.56 Å². The highest BCUT2D eigenvalue weighted by molar-refractivity contribution is 7.07. The number of hydrogen-bond donors (Lipinski definition) is 1. The number of unbranched alkanes of at least 4 members (excludes halogenated alkanes) is 11. The van der Waals surface area contributed by atoms with Gasteiger partial charge in [-0.15, -0.1) is 0 Å². The zero-order chi connectivity index (χ0) is 28.6. The SMILES string of the molecule is CCCCCCCCCCCCCCOc1cc(C(C)(C)C)ccc1C(=O)Nc1ccccc1C[n+]1ccsc1.[Br-]. The molecule has 3 rings (SSSR count). The van der Waals surface area contributed by atoms with Crippen LogP contribution in [0.4, 0.5) is 5.69 Å². The van der Waals surface area contributed by atoms with Crippen molar-refractivity contribution < 1.29 is 31.1 Å². The summed E-state index contributed by atoms with van der Waals surface area (Å²) in [5, 5.41) is 5.21. The standard InChI is InChI=1S/C35H50N2O2S.BrH/c1-5-6-7-8-9-10-11-12-13-14-15-18-24-39-33-26-30(35(2,3)4)21-22-31(33)34(38)36-32-20-17-16-19-29(32)27-37-23-25-40-28-37;/h16-17,19-23,25-26,28H,5-15,18,24,27H2,1-4H3;1H. The number of benzene rings is 2. The number of halogens is 1. The van der Waals surface area contributed by atoms with E-state index in [-0.39, 0.29) is 28.3 Å². The van der Waals surface area contributed by atoms with Gasteiger partial charge in [0.15, 0.2) is 12.7 Å². The molecule has 6 heteroatoms. The van der Waals surface area contributed by atoms with Gasteiger partial charge < -0.3 is 27.0 Å². The number of ether oxygens (including phenoxy) is 1. The van der Waals surface area contributed by atoms with Crippen LogP contribution in [-0.2, 0) is 12.0 Å². The molecule has 0 atom stereocenters. The van der Waals surface area contributed by atoms with Gasteiger partial charge in [-0.1, -0.05) is 134 Å². The molecule has 0 aliphatic heterocycles. The number of rotatable bonds is 18. The normalized spacial score (nSPS) is 11.2. The van der Waals surface area contributed by atoms with Crippen LogP contribution in [0.3, 0.4) is 0 Å². The van der Waals surface area contributed by atoms with Crippen LogP contribution in [-0.4, -0.2) is 12.5 Å². The van der Waals surface area contributed by atoms with Crippen molar-refractivity contribution in [1.29, 1.82) is 0 Å². The Bertz CT molecular complexity index is 1140. The minimum atomic E-state index is -0.132. The Labute approximate surface area is 263 Å². The molecule has 0 radical (unpaired) electrons. The molecule has 0 unspecified atom stereocenters. The van der Waals surface area contributed by atoms with E-state index in [9.17, 15) is 4.79 Å². The monoisotopic (exact) mass is 642 g/mol. The van der Waals surface area contributed by atoms with Crippen LogP contribution in [0, 0.1) is 0 Å². The Morgan fingerprint density at radius 3 is 2.12 bits per heavy atom. The lowest BCUT2D eigenvalue weighted by atomic mass is 9.86. The van der Waals surface area contributed by atoms with Gasteiger partial charge in [-0.05, 0) is 35.6 Å². The summed E-state index contributed by atoms with van der Waals surface area (Å²) >= 11 is 1.66. The van der Waals surface area contributed by atoms with Gasteiger partial charge in [-0.25, -0.2) is 0 Å². The zero-order valence-corrected chi connectivity index (χ0v) is 28.1. The van der Waals surface area contributed by atoms with Crippen LogP contribution < -0.4 is 31.6 Å². The van der Waals surface area contributed by atoms with Crippen LogP contribution >= 0.6 is 11.3 Å². The van der Waals surface area contributed by atoms with E-state index < -0.39 is 0 Å². The summed E-state index contributed by atoms with van der Waals surface area (Å²) in [6.45, 7) is 10.2. The molecular formula is C35H51BrN2O2S. The second kappa shape index (κ2) is 19.1. The minimum Gasteiger partial charge on any atom is -1.00 e. The van der Waals surface area contributed by atoms with E-state index >= 15 is 0 Å². The van der Waals surface area contributed by atoms with Crippen molar-refractivity contribution in [1.82, 2.24) is 0 Å². The first kappa shape index (κ1) is 35.0. The first-order valence-electron chi connectivity index (χ1n) is 15.5. The molecule has 41 heavy (non-hydrogen) atoms. The predicted molar refractivity (Wildman–Crippen MR) is 170 cm³/mol. The van der Waals surface area contributed by atoms with E-state index in [1.54, 1.807) is 11.3 Å². The van der Waals surface area contributed by atoms with Gasteiger partial charge in [-0.2, -0.15) is 4.57 Å². The Balaban J connectivity index is 0.00000588. The van der Waals surface area contributed by atoms with Crippen molar-refractivity contribution in [2.45, 2.75) is 117 Å². The fourth-order valence-corrected chi connectivity index (χ4v) is 5.54. The summed E-state index contributed by atoms with van der Waals surface area (Å²) in [6, 6.07) is 14.0. The lowest BCUT2D eigenvalue weighted by Crippen LogP contribution is -3.00. The maximum atomic E-state index is 13.5. The molecule has 1 aromatic heterocycles. The summed E-state index contributed by atoms with van der Waals surface area (Å²) in [5.74, 6) is 0.547. The molecule has 0 saturated carbocycles. The Hall–Kier alpha value is -2.18. The first-order valence-corrected chi connectivity index (χ1v) is 16.4. The van der Waals surface area contributed by atoms with Gasteiger partial charge in [0.05, 0.1) is 23.2 Å².